The van der Waals surface area contributed by atoms with Crippen LogP contribution in [0.25, 0.3) is 11.0 Å². The molecule has 1 heterocycles. The molecule has 0 radical (unpaired) electrons. The molecule has 0 amide bonds. The van der Waals surface area contributed by atoms with E-state index in [0.29, 0.717) is 40.6 Å². The minimum Gasteiger partial charge on any atom is -0.490 e. The zero-order valence-electron chi connectivity index (χ0n) is 15.7. The van der Waals surface area contributed by atoms with Gasteiger partial charge in [-0.2, -0.15) is 0 Å². The van der Waals surface area contributed by atoms with Gasteiger partial charge in [-0.05, 0) is 51.0 Å². The normalized spacial score (nSPS) is 13.4. The third kappa shape index (κ3) is 3.58. The fourth-order valence-electron chi connectivity index (χ4n) is 2.89. The maximum Gasteiger partial charge on any atom is 0.314 e. The molecule has 2 aromatic carbocycles. The highest BCUT2D eigenvalue weighted by atomic mass is 16.5. The van der Waals surface area contributed by atoms with Crippen LogP contribution in [0.4, 0.5) is 0 Å². The van der Waals surface area contributed by atoms with Gasteiger partial charge in [0.15, 0.2) is 11.5 Å². The van der Waals surface area contributed by atoms with Gasteiger partial charge >= 0.3 is 5.97 Å². The Hall–Kier alpha value is -3.28. The molecule has 0 atom stereocenters. The van der Waals surface area contributed by atoms with Crippen LogP contribution < -0.4 is 19.6 Å². The van der Waals surface area contributed by atoms with Crippen molar-refractivity contribution < 1.29 is 23.4 Å². The van der Waals surface area contributed by atoms with Gasteiger partial charge in [0.05, 0.1) is 17.9 Å². The van der Waals surface area contributed by atoms with Crippen LogP contribution in [0.3, 0.4) is 0 Å². The molecular weight excluding hydrogens is 360 g/mol. The standard InChI is InChI=1S/C22H20O6/c1-3-25-17-6-4-5-7-18(17)28-21-13(2)26-19-12-15(10-11-16(19)20(21)23)27-22(24)14-8-9-14/h4-7,10-12,14H,3,8-9H2,1-2H3. The summed E-state index contributed by atoms with van der Waals surface area (Å²) in [6.45, 7) is 4.01. The number of aryl methyl sites for hydroxylation is 1. The van der Waals surface area contributed by atoms with Crippen molar-refractivity contribution in [2.24, 2.45) is 5.92 Å². The van der Waals surface area contributed by atoms with Gasteiger partial charge in [0.25, 0.3) is 0 Å². The average Bonchev–Trinajstić information content (AvgIpc) is 3.52. The average molecular weight is 380 g/mol. The molecule has 4 rings (SSSR count). The minimum absolute atomic E-state index is 0.00868. The summed E-state index contributed by atoms with van der Waals surface area (Å²) in [5.74, 6) is 1.52. The summed E-state index contributed by atoms with van der Waals surface area (Å²) in [7, 11) is 0. The zero-order chi connectivity index (χ0) is 19.7. The van der Waals surface area contributed by atoms with Crippen LogP contribution >= 0.6 is 0 Å². The van der Waals surface area contributed by atoms with Crippen molar-refractivity contribution in [3.63, 3.8) is 0 Å². The Morgan fingerprint density at radius 1 is 1.14 bits per heavy atom. The molecule has 6 heteroatoms. The van der Waals surface area contributed by atoms with Crippen LogP contribution in [0.2, 0.25) is 0 Å². The number of hydrogen-bond acceptors (Lipinski definition) is 6. The van der Waals surface area contributed by atoms with Crippen LogP contribution in [-0.4, -0.2) is 12.6 Å². The largest absolute Gasteiger partial charge is 0.490 e. The summed E-state index contributed by atoms with van der Waals surface area (Å²) in [4.78, 5) is 24.8. The lowest BCUT2D eigenvalue weighted by atomic mass is 10.2. The molecule has 1 fully saturated rings. The Labute approximate surface area is 161 Å². The van der Waals surface area contributed by atoms with Gasteiger partial charge in [0.1, 0.15) is 17.1 Å². The second-order valence-electron chi connectivity index (χ2n) is 6.65. The van der Waals surface area contributed by atoms with Crippen LogP contribution in [0.15, 0.2) is 51.7 Å². The lowest BCUT2D eigenvalue weighted by Crippen LogP contribution is -2.11. The summed E-state index contributed by atoms with van der Waals surface area (Å²) in [5, 5.41) is 0.348. The summed E-state index contributed by atoms with van der Waals surface area (Å²) >= 11 is 0. The van der Waals surface area contributed by atoms with E-state index in [9.17, 15) is 9.59 Å². The second kappa shape index (κ2) is 7.38. The smallest absolute Gasteiger partial charge is 0.314 e. The van der Waals surface area contributed by atoms with Gasteiger partial charge in [0, 0.05) is 6.07 Å². The second-order valence-corrected chi connectivity index (χ2v) is 6.65. The van der Waals surface area contributed by atoms with Crippen LogP contribution in [0.1, 0.15) is 25.5 Å². The quantitative estimate of drug-likeness (QED) is 0.459. The molecule has 0 saturated heterocycles. The van der Waals surface area contributed by atoms with Gasteiger partial charge in [-0.3, -0.25) is 9.59 Å². The van der Waals surface area contributed by atoms with Gasteiger partial charge in [-0.15, -0.1) is 0 Å². The minimum atomic E-state index is -0.301. The number of carbonyl (C=O) groups is 1. The van der Waals surface area contributed by atoms with Crippen molar-refractivity contribution in [2.45, 2.75) is 26.7 Å². The van der Waals surface area contributed by atoms with E-state index in [0.717, 1.165) is 12.8 Å². The molecule has 0 unspecified atom stereocenters. The highest BCUT2D eigenvalue weighted by Gasteiger charge is 2.31. The maximum atomic E-state index is 12.9. The van der Waals surface area contributed by atoms with E-state index in [-0.39, 0.29) is 23.1 Å². The highest BCUT2D eigenvalue weighted by molar-refractivity contribution is 5.82. The van der Waals surface area contributed by atoms with Crippen molar-refractivity contribution in [3.8, 4) is 23.0 Å². The molecule has 1 saturated carbocycles. The van der Waals surface area contributed by atoms with E-state index in [1.54, 1.807) is 43.3 Å². The summed E-state index contributed by atoms with van der Waals surface area (Å²) in [6.07, 6.45) is 1.73. The molecule has 144 valence electrons. The van der Waals surface area contributed by atoms with Gasteiger partial charge in [-0.25, -0.2) is 0 Å². The molecule has 28 heavy (non-hydrogen) atoms. The summed E-state index contributed by atoms with van der Waals surface area (Å²) < 4.78 is 22.5. The summed E-state index contributed by atoms with van der Waals surface area (Å²) in [6, 6.07) is 11.9. The van der Waals surface area contributed by atoms with Crippen LogP contribution in [0, 0.1) is 12.8 Å². The van der Waals surface area contributed by atoms with Crippen molar-refractivity contribution >= 4 is 16.9 Å². The molecule has 1 aromatic heterocycles. The number of para-hydroxylation sites is 2. The number of esters is 1. The van der Waals surface area contributed by atoms with Crippen molar-refractivity contribution in [2.75, 3.05) is 6.61 Å². The molecule has 1 aliphatic rings. The molecule has 0 spiro atoms. The predicted octanol–water partition coefficient (Wildman–Crippen LogP) is 4.61. The third-order valence-electron chi connectivity index (χ3n) is 4.48. The van der Waals surface area contributed by atoms with E-state index in [1.807, 2.05) is 13.0 Å². The van der Waals surface area contributed by atoms with Crippen molar-refractivity contribution in [1.29, 1.82) is 0 Å². The number of carbonyl (C=O) groups excluding carboxylic acids is 1. The van der Waals surface area contributed by atoms with E-state index in [1.165, 1.54) is 0 Å². The van der Waals surface area contributed by atoms with Gasteiger partial charge in [-0.1, -0.05) is 12.1 Å². The fraction of sp³-hybridized carbons (Fsp3) is 0.273. The SMILES string of the molecule is CCOc1ccccc1Oc1c(C)oc2cc(OC(=O)C3CC3)ccc2c1=O. The third-order valence-corrected chi connectivity index (χ3v) is 4.48. The Kier molecular flexibility index (Phi) is 4.77. The van der Waals surface area contributed by atoms with Crippen LogP contribution in [0.5, 0.6) is 23.0 Å². The molecule has 0 aliphatic heterocycles. The number of hydrogen-bond donors (Lipinski definition) is 0. The first-order chi connectivity index (χ1) is 13.6. The predicted molar refractivity (Wildman–Crippen MR) is 103 cm³/mol. The topological polar surface area (TPSA) is 75.0 Å². The van der Waals surface area contributed by atoms with Gasteiger partial charge < -0.3 is 18.6 Å². The fourth-order valence-corrected chi connectivity index (χ4v) is 2.89. The number of ether oxygens (including phenoxy) is 3. The number of fused-ring (bicyclic) bond motifs is 1. The van der Waals surface area contributed by atoms with E-state index in [2.05, 4.69) is 0 Å². The Balaban J connectivity index is 1.68. The lowest BCUT2D eigenvalue weighted by molar-refractivity contribution is -0.135. The van der Waals surface area contributed by atoms with E-state index < -0.39 is 0 Å². The first-order valence-electron chi connectivity index (χ1n) is 9.25. The lowest BCUT2D eigenvalue weighted by Gasteiger charge is -2.12. The van der Waals surface area contributed by atoms with E-state index in [4.69, 9.17) is 18.6 Å². The monoisotopic (exact) mass is 380 g/mol. The van der Waals surface area contributed by atoms with Crippen molar-refractivity contribution in [1.82, 2.24) is 0 Å². The molecule has 0 bridgehead atoms. The Morgan fingerprint density at radius 3 is 2.61 bits per heavy atom. The number of benzene rings is 2. The Bertz CT molecular complexity index is 1090. The van der Waals surface area contributed by atoms with Gasteiger partial charge in [0.2, 0.25) is 11.2 Å². The first-order valence-corrected chi connectivity index (χ1v) is 9.25. The Morgan fingerprint density at radius 2 is 1.89 bits per heavy atom. The maximum absolute atomic E-state index is 12.9. The number of rotatable bonds is 6. The molecule has 1 aliphatic carbocycles. The highest BCUT2D eigenvalue weighted by Crippen LogP contribution is 2.34. The van der Waals surface area contributed by atoms with E-state index >= 15 is 0 Å². The van der Waals surface area contributed by atoms with Crippen molar-refractivity contribution in [3.05, 3.63) is 58.4 Å². The summed E-state index contributed by atoms with van der Waals surface area (Å²) in [5.41, 5.74) is 0.0409. The molecule has 3 aromatic rings. The molecular formula is C22H20O6. The van der Waals surface area contributed by atoms with Crippen LogP contribution in [-0.2, 0) is 4.79 Å². The zero-order valence-corrected chi connectivity index (χ0v) is 15.7. The molecule has 0 N–H and O–H groups in total. The molecule has 6 nitrogen and oxygen atoms in total. The first kappa shape index (κ1) is 18.1.